The van der Waals surface area contributed by atoms with Gasteiger partial charge in [0.1, 0.15) is 11.9 Å². The first kappa shape index (κ1) is 18.0. The molecule has 0 aliphatic heterocycles. The second-order valence-corrected chi connectivity index (χ2v) is 6.19. The van der Waals surface area contributed by atoms with Crippen LogP contribution >= 0.6 is 0 Å². The van der Waals surface area contributed by atoms with Gasteiger partial charge >= 0.3 is 0 Å². The molecule has 138 valence electrons. The van der Waals surface area contributed by atoms with Crippen molar-refractivity contribution in [1.82, 2.24) is 15.3 Å². The van der Waals surface area contributed by atoms with Gasteiger partial charge in [0.2, 0.25) is 11.8 Å². The number of hydrogen-bond donors (Lipinski definition) is 1. The molecular weight excluding hydrogens is 334 g/mol. The fourth-order valence-electron chi connectivity index (χ4n) is 2.99. The summed E-state index contributed by atoms with van der Waals surface area (Å²) in [6, 6.07) is 7.26. The molecule has 0 bridgehead atoms. The quantitative estimate of drug-likeness (QED) is 0.856. The van der Waals surface area contributed by atoms with Crippen LogP contribution in [-0.2, 0) is 0 Å². The van der Waals surface area contributed by atoms with Gasteiger partial charge in [0.25, 0.3) is 5.91 Å². The van der Waals surface area contributed by atoms with Crippen LogP contribution in [0.4, 0.5) is 0 Å². The number of methoxy groups -OCH3 is 2. The Bertz CT molecular complexity index is 728. The van der Waals surface area contributed by atoms with E-state index in [1.807, 2.05) is 0 Å². The summed E-state index contributed by atoms with van der Waals surface area (Å²) < 4.78 is 16.0. The lowest BCUT2D eigenvalue weighted by molar-refractivity contribution is 0.0889. The highest BCUT2D eigenvalue weighted by molar-refractivity contribution is 5.94. The van der Waals surface area contributed by atoms with Crippen molar-refractivity contribution in [2.45, 2.75) is 37.8 Å². The molecule has 1 amide bonds. The third-order valence-corrected chi connectivity index (χ3v) is 4.45. The van der Waals surface area contributed by atoms with E-state index in [1.54, 1.807) is 50.9 Å². The second-order valence-electron chi connectivity index (χ2n) is 6.19. The maximum absolute atomic E-state index is 12.3. The van der Waals surface area contributed by atoms with Crippen molar-refractivity contribution in [1.29, 1.82) is 0 Å². The van der Waals surface area contributed by atoms with Crippen LogP contribution < -0.4 is 19.5 Å². The van der Waals surface area contributed by atoms with Crippen molar-refractivity contribution >= 4 is 5.91 Å². The summed E-state index contributed by atoms with van der Waals surface area (Å²) in [4.78, 5) is 20.6. The minimum Gasteiger partial charge on any atom is -0.497 e. The van der Waals surface area contributed by atoms with E-state index >= 15 is 0 Å². The van der Waals surface area contributed by atoms with Crippen LogP contribution in [0.5, 0.6) is 17.5 Å². The lowest BCUT2D eigenvalue weighted by Crippen LogP contribution is -2.39. The van der Waals surface area contributed by atoms with Crippen LogP contribution in [0.3, 0.4) is 0 Å². The third-order valence-electron chi connectivity index (χ3n) is 4.45. The number of aromatic nitrogens is 2. The number of hydrogen-bond acceptors (Lipinski definition) is 6. The van der Waals surface area contributed by atoms with E-state index in [2.05, 4.69) is 15.3 Å². The molecule has 7 nitrogen and oxygen atoms in total. The molecule has 0 atom stereocenters. The predicted molar refractivity (Wildman–Crippen MR) is 95.7 cm³/mol. The SMILES string of the molecule is COc1ccc(C(=O)NC2CCC(Oc3cncc(OC)n3)CC2)cc1. The Morgan fingerprint density at radius 3 is 2.35 bits per heavy atom. The molecule has 26 heavy (non-hydrogen) atoms. The van der Waals surface area contributed by atoms with E-state index in [1.165, 1.54) is 0 Å². The van der Waals surface area contributed by atoms with Crippen LogP contribution in [0.1, 0.15) is 36.0 Å². The van der Waals surface area contributed by atoms with Crippen molar-refractivity contribution < 1.29 is 19.0 Å². The number of carbonyl (C=O) groups excluding carboxylic acids is 1. The molecule has 1 fully saturated rings. The molecule has 1 aliphatic rings. The molecule has 1 heterocycles. The number of rotatable bonds is 6. The second kappa shape index (κ2) is 8.51. The van der Waals surface area contributed by atoms with E-state index in [0.29, 0.717) is 17.3 Å². The number of ether oxygens (including phenoxy) is 3. The maximum Gasteiger partial charge on any atom is 0.251 e. The molecule has 1 N–H and O–H groups in total. The molecule has 0 saturated heterocycles. The van der Waals surface area contributed by atoms with Gasteiger partial charge < -0.3 is 19.5 Å². The first-order chi connectivity index (χ1) is 12.7. The minimum absolute atomic E-state index is 0.0596. The summed E-state index contributed by atoms with van der Waals surface area (Å²) in [7, 11) is 3.15. The molecular formula is C19H23N3O4. The summed E-state index contributed by atoms with van der Waals surface area (Å²) >= 11 is 0. The topological polar surface area (TPSA) is 82.6 Å². The molecule has 7 heteroatoms. The van der Waals surface area contributed by atoms with Crippen LogP contribution in [0.25, 0.3) is 0 Å². The molecule has 1 saturated carbocycles. The number of amides is 1. The molecule has 0 spiro atoms. The lowest BCUT2D eigenvalue weighted by Gasteiger charge is -2.29. The van der Waals surface area contributed by atoms with Gasteiger partial charge in [0.05, 0.1) is 26.6 Å². The van der Waals surface area contributed by atoms with E-state index < -0.39 is 0 Å². The van der Waals surface area contributed by atoms with Crippen LogP contribution in [0.2, 0.25) is 0 Å². The van der Waals surface area contributed by atoms with Gasteiger partial charge in [-0.3, -0.25) is 9.78 Å². The van der Waals surface area contributed by atoms with Crippen LogP contribution in [-0.4, -0.2) is 42.2 Å². The Morgan fingerprint density at radius 1 is 1.00 bits per heavy atom. The standard InChI is InChI=1S/C19H23N3O4/c1-24-15-7-3-13(4-8-15)19(23)21-14-5-9-16(10-6-14)26-18-12-20-11-17(22-18)25-2/h3-4,7-8,11-12,14,16H,5-6,9-10H2,1-2H3,(H,21,23). The van der Waals surface area contributed by atoms with Gasteiger partial charge in [-0.25, -0.2) is 0 Å². The normalized spacial score (nSPS) is 19.5. The average molecular weight is 357 g/mol. The molecule has 0 radical (unpaired) electrons. The Balaban J connectivity index is 1.47. The highest BCUT2D eigenvalue weighted by Crippen LogP contribution is 2.24. The van der Waals surface area contributed by atoms with Crippen molar-refractivity contribution in [3.05, 3.63) is 42.2 Å². The largest absolute Gasteiger partial charge is 0.497 e. The van der Waals surface area contributed by atoms with Gasteiger partial charge in [-0.1, -0.05) is 0 Å². The van der Waals surface area contributed by atoms with Gasteiger partial charge in [0, 0.05) is 11.6 Å². The predicted octanol–water partition coefficient (Wildman–Crippen LogP) is 2.61. The highest BCUT2D eigenvalue weighted by Gasteiger charge is 2.24. The zero-order chi connectivity index (χ0) is 18.4. The fourth-order valence-corrected chi connectivity index (χ4v) is 2.99. The van der Waals surface area contributed by atoms with E-state index in [4.69, 9.17) is 14.2 Å². The number of benzene rings is 1. The van der Waals surface area contributed by atoms with Crippen molar-refractivity contribution in [2.75, 3.05) is 14.2 Å². The maximum atomic E-state index is 12.3. The minimum atomic E-state index is -0.0596. The molecule has 1 aromatic heterocycles. The van der Waals surface area contributed by atoms with E-state index in [0.717, 1.165) is 31.4 Å². The number of nitrogens with zero attached hydrogens (tertiary/aromatic N) is 2. The smallest absolute Gasteiger partial charge is 0.251 e. The van der Waals surface area contributed by atoms with Crippen molar-refractivity contribution in [2.24, 2.45) is 0 Å². The Labute approximate surface area is 152 Å². The first-order valence-electron chi connectivity index (χ1n) is 8.65. The Kier molecular flexibility index (Phi) is 5.88. The summed E-state index contributed by atoms with van der Waals surface area (Å²) in [6.45, 7) is 0. The van der Waals surface area contributed by atoms with Gasteiger partial charge in [0.15, 0.2) is 0 Å². The zero-order valence-corrected chi connectivity index (χ0v) is 15.0. The molecule has 1 aromatic carbocycles. The Hall–Kier alpha value is -2.83. The number of carbonyl (C=O) groups is 1. The van der Waals surface area contributed by atoms with E-state index in [-0.39, 0.29) is 18.1 Å². The van der Waals surface area contributed by atoms with Crippen LogP contribution in [0.15, 0.2) is 36.7 Å². The lowest BCUT2D eigenvalue weighted by atomic mass is 9.92. The number of nitrogens with one attached hydrogen (secondary N) is 1. The van der Waals surface area contributed by atoms with Gasteiger partial charge in [-0.15, -0.1) is 0 Å². The van der Waals surface area contributed by atoms with Crippen LogP contribution in [0, 0.1) is 0 Å². The van der Waals surface area contributed by atoms with Crippen molar-refractivity contribution in [3.63, 3.8) is 0 Å². The fraction of sp³-hybridized carbons (Fsp3) is 0.421. The third kappa shape index (κ3) is 4.62. The molecule has 1 aliphatic carbocycles. The average Bonchev–Trinajstić information content (AvgIpc) is 2.69. The van der Waals surface area contributed by atoms with E-state index in [9.17, 15) is 4.79 Å². The van der Waals surface area contributed by atoms with Gasteiger partial charge in [-0.2, -0.15) is 4.98 Å². The summed E-state index contributed by atoms with van der Waals surface area (Å²) in [5, 5.41) is 3.09. The summed E-state index contributed by atoms with van der Waals surface area (Å²) in [5.41, 5.74) is 0.635. The summed E-state index contributed by atoms with van der Waals surface area (Å²) in [6.07, 6.45) is 6.64. The molecule has 0 unspecified atom stereocenters. The van der Waals surface area contributed by atoms with Gasteiger partial charge in [-0.05, 0) is 49.9 Å². The monoisotopic (exact) mass is 357 g/mol. The highest BCUT2D eigenvalue weighted by atomic mass is 16.5. The molecule has 2 aromatic rings. The summed E-state index contributed by atoms with van der Waals surface area (Å²) in [5.74, 6) is 1.58. The molecule has 3 rings (SSSR count). The first-order valence-corrected chi connectivity index (χ1v) is 8.65. The zero-order valence-electron chi connectivity index (χ0n) is 15.0. The van der Waals surface area contributed by atoms with Crippen molar-refractivity contribution in [3.8, 4) is 17.5 Å². The Morgan fingerprint density at radius 2 is 1.69 bits per heavy atom.